The summed E-state index contributed by atoms with van der Waals surface area (Å²) < 4.78 is 0. The molecule has 1 atom stereocenters. The van der Waals surface area contributed by atoms with Crippen LogP contribution in [0.25, 0.3) is 0 Å². The predicted molar refractivity (Wildman–Crippen MR) is 129 cm³/mol. The Morgan fingerprint density at radius 2 is 1.38 bits per heavy atom. The first-order chi connectivity index (χ1) is 15.4. The summed E-state index contributed by atoms with van der Waals surface area (Å²) in [6.45, 7) is 10.3. The maximum absolute atomic E-state index is 12.5. The molecule has 6 nitrogen and oxygen atoms in total. The zero-order chi connectivity index (χ0) is 22.9. The largest absolute Gasteiger partial charge is 0.348 e. The maximum atomic E-state index is 12.5. The van der Waals surface area contributed by atoms with E-state index in [0.29, 0.717) is 19.0 Å². The standard InChI is InChI=1S/C26H36N4O2/c1-20(2)17-22-9-11-23(12-10-22)21(3)27-25(31)18-29-13-15-30(16-14-29)19-26(32)28-24-7-5-4-6-8-24/h4-12,20-21H,13-19H2,1-3H3,(H,27,31)(H,28,32). The van der Waals surface area contributed by atoms with Gasteiger partial charge in [0.05, 0.1) is 19.1 Å². The number of carbonyl (C=O) groups excluding carboxylic acids is 2. The number of benzene rings is 2. The average molecular weight is 437 g/mol. The molecule has 32 heavy (non-hydrogen) atoms. The van der Waals surface area contributed by atoms with Gasteiger partial charge in [-0.15, -0.1) is 0 Å². The molecule has 1 aliphatic heterocycles. The van der Waals surface area contributed by atoms with Crippen molar-refractivity contribution in [2.24, 2.45) is 5.92 Å². The summed E-state index contributed by atoms with van der Waals surface area (Å²) in [5.74, 6) is 0.673. The van der Waals surface area contributed by atoms with E-state index in [1.807, 2.05) is 37.3 Å². The number of anilines is 1. The van der Waals surface area contributed by atoms with Gasteiger partial charge < -0.3 is 10.6 Å². The summed E-state index contributed by atoms with van der Waals surface area (Å²) >= 11 is 0. The van der Waals surface area contributed by atoms with Crippen molar-refractivity contribution in [3.63, 3.8) is 0 Å². The molecule has 2 N–H and O–H groups in total. The highest BCUT2D eigenvalue weighted by molar-refractivity contribution is 5.92. The van der Waals surface area contributed by atoms with Crippen molar-refractivity contribution in [2.75, 3.05) is 44.6 Å². The fourth-order valence-corrected chi connectivity index (χ4v) is 4.02. The molecule has 1 saturated heterocycles. The Morgan fingerprint density at radius 3 is 1.94 bits per heavy atom. The highest BCUT2D eigenvalue weighted by Gasteiger charge is 2.21. The van der Waals surface area contributed by atoms with Crippen LogP contribution < -0.4 is 10.6 Å². The molecule has 0 aromatic heterocycles. The van der Waals surface area contributed by atoms with Crippen molar-refractivity contribution in [1.29, 1.82) is 0 Å². The van der Waals surface area contributed by atoms with Crippen molar-refractivity contribution in [3.8, 4) is 0 Å². The van der Waals surface area contributed by atoms with Gasteiger partial charge in [-0.05, 0) is 42.5 Å². The second kappa shape index (κ2) is 11.8. The molecular formula is C26H36N4O2. The van der Waals surface area contributed by atoms with Gasteiger partial charge in [0.1, 0.15) is 0 Å². The summed E-state index contributed by atoms with van der Waals surface area (Å²) in [7, 11) is 0. The van der Waals surface area contributed by atoms with E-state index in [2.05, 4.69) is 58.5 Å². The van der Waals surface area contributed by atoms with Gasteiger partial charge in [-0.1, -0.05) is 56.3 Å². The van der Waals surface area contributed by atoms with Crippen LogP contribution in [0.15, 0.2) is 54.6 Å². The Hall–Kier alpha value is -2.70. The van der Waals surface area contributed by atoms with Gasteiger partial charge in [0.2, 0.25) is 11.8 Å². The zero-order valence-corrected chi connectivity index (χ0v) is 19.5. The molecule has 1 aliphatic rings. The minimum atomic E-state index is -0.0152. The smallest absolute Gasteiger partial charge is 0.238 e. The fourth-order valence-electron chi connectivity index (χ4n) is 4.02. The van der Waals surface area contributed by atoms with E-state index in [4.69, 9.17) is 0 Å². The number of rotatable bonds is 9. The number of nitrogens with zero attached hydrogens (tertiary/aromatic N) is 2. The molecule has 172 valence electrons. The van der Waals surface area contributed by atoms with Crippen molar-refractivity contribution < 1.29 is 9.59 Å². The Morgan fingerprint density at radius 1 is 0.812 bits per heavy atom. The van der Waals surface area contributed by atoms with Gasteiger partial charge in [-0.25, -0.2) is 0 Å². The predicted octanol–water partition coefficient (Wildman–Crippen LogP) is 3.32. The third-order valence-electron chi connectivity index (χ3n) is 5.76. The normalized spacial score (nSPS) is 16.0. The highest BCUT2D eigenvalue weighted by atomic mass is 16.2. The molecule has 0 bridgehead atoms. The summed E-state index contributed by atoms with van der Waals surface area (Å²) in [5, 5.41) is 6.04. The van der Waals surface area contributed by atoms with Gasteiger partial charge in [0.15, 0.2) is 0 Å². The van der Waals surface area contributed by atoms with E-state index < -0.39 is 0 Å². The van der Waals surface area contributed by atoms with Crippen LogP contribution in [0.5, 0.6) is 0 Å². The minimum absolute atomic E-state index is 0.00405. The first-order valence-electron chi connectivity index (χ1n) is 11.6. The third-order valence-corrected chi connectivity index (χ3v) is 5.76. The quantitative estimate of drug-likeness (QED) is 0.633. The molecule has 6 heteroatoms. The number of nitrogens with one attached hydrogen (secondary N) is 2. The average Bonchev–Trinajstić information content (AvgIpc) is 2.76. The summed E-state index contributed by atoms with van der Waals surface area (Å²) in [4.78, 5) is 29.1. The van der Waals surface area contributed by atoms with Crippen LogP contribution in [0.1, 0.15) is 37.9 Å². The molecule has 3 rings (SSSR count). The molecule has 0 radical (unpaired) electrons. The van der Waals surface area contributed by atoms with Crippen LogP contribution in [-0.2, 0) is 16.0 Å². The molecule has 0 aliphatic carbocycles. The molecule has 2 aromatic rings. The summed E-state index contributed by atoms with van der Waals surface area (Å²) in [5.41, 5.74) is 3.27. The number of piperazine rings is 1. The molecule has 2 amide bonds. The number of carbonyl (C=O) groups is 2. The molecule has 2 aromatic carbocycles. The SMILES string of the molecule is CC(C)Cc1ccc(C(C)NC(=O)CN2CCN(CC(=O)Nc3ccccc3)CC2)cc1. The third kappa shape index (κ3) is 7.77. The lowest BCUT2D eigenvalue weighted by Crippen LogP contribution is -2.51. The number of hydrogen-bond donors (Lipinski definition) is 2. The van der Waals surface area contributed by atoms with Crippen molar-refractivity contribution in [1.82, 2.24) is 15.1 Å². The molecule has 1 fully saturated rings. The Balaban J connectivity index is 1.37. The lowest BCUT2D eigenvalue weighted by Gasteiger charge is -2.34. The fraction of sp³-hybridized carbons (Fsp3) is 0.462. The monoisotopic (exact) mass is 436 g/mol. The van der Waals surface area contributed by atoms with Crippen LogP contribution in [0.2, 0.25) is 0 Å². The van der Waals surface area contributed by atoms with Crippen molar-refractivity contribution in [2.45, 2.75) is 33.2 Å². The second-order valence-corrected chi connectivity index (χ2v) is 9.10. The lowest BCUT2D eigenvalue weighted by molar-refractivity contribution is -0.124. The Bertz CT molecular complexity index is 859. The second-order valence-electron chi connectivity index (χ2n) is 9.10. The first kappa shape index (κ1) is 24.0. The first-order valence-corrected chi connectivity index (χ1v) is 11.6. The Kier molecular flexibility index (Phi) is 8.82. The zero-order valence-electron chi connectivity index (χ0n) is 19.5. The van der Waals surface area contributed by atoms with E-state index in [0.717, 1.165) is 43.9 Å². The van der Waals surface area contributed by atoms with Crippen LogP contribution in [0.3, 0.4) is 0 Å². The number of amides is 2. The van der Waals surface area contributed by atoms with Gasteiger partial charge in [-0.2, -0.15) is 0 Å². The minimum Gasteiger partial charge on any atom is -0.348 e. The topological polar surface area (TPSA) is 64.7 Å². The van der Waals surface area contributed by atoms with E-state index >= 15 is 0 Å². The van der Waals surface area contributed by atoms with Gasteiger partial charge in [-0.3, -0.25) is 19.4 Å². The van der Waals surface area contributed by atoms with Gasteiger partial charge in [0, 0.05) is 31.9 Å². The van der Waals surface area contributed by atoms with Crippen LogP contribution in [0.4, 0.5) is 5.69 Å². The van der Waals surface area contributed by atoms with Crippen LogP contribution >= 0.6 is 0 Å². The molecule has 1 unspecified atom stereocenters. The van der Waals surface area contributed by atoms with Crippen molar-refractivity contribution in [3.05, 3.63) is 65.7 Å². The maximum Gasteiger partial charge on any atom is 0.238 e. The van der Waals surface area contributed by atoms with E-state index in [-0.39, 0.29) is 17.9 Å². The van der Waals surface area contributed by atoms with Crippen molar-refractivity contribution >= 4 is 17.5 Å². The molecule has 0 saturated carbocycles. The van der Waals surface area contributed by atoms with E-state index in [9.17, 15) is 9.59 Å². The highest BCUT2D eigenvalue weighted by Crippen LogP contribution is 2.15. The summed E-state index contributed by atoms with van der Waals surface area (Å²) in [6, 6.07) is 18.0. The van der Waals surface area contributed by atoms with Crippen LogP contribution in [0, 0.1) is 5.92 Å². The lowest BCUT2D eigenvalue weighted by atomic mass is 10.00. The van der Waals surface area contributed by atoms with E-state index in [1.165, 1.54) is 5.56 Å². The Labute approximate surface area is 192 Å². The number of para-hydroxylation sites is 1. The summed E-state index contributed by atoms with van der Waals surface area (Å²) in [6.07, 6.45) is 1.07. The number of hydrogen-bond acceptors (Lipinski definition) is 4. The molecule has 1 heterocycles. The van der Waals surface area contributed by atoms with Gasteiger partial charge >= 0.3 is 0 Å². The van der Waals surface area contributed by atoms with Crippen LogP contribution in [-0.4, -0.2) is 60.9 Å². The molecule has 0 spiro atoms. The molecular weight excluding hydrogens is 400 g/mol. The van der Waals surface area contributed by atoms with E-state index in [1.54, 1.807) is 0 Å². The van der Waals surface area contributed by atoms with Gasteiger partial charge in [0.25, 0.3) is 0 Å².